The van der Waals surface area contributed by atoms with Crippen molar-refractivity contribution in [1.29, 1.82) is 0 Å². The van der Waals surface area contributed by atoms with Crippen LogP contribution in [0.1, 0.15) is 18.2 Å². The first-order valence-electron chi connectivity index (χ1n) is 7.79. The van der Waals surface area contributed by atoms with Crippen LogP contribution in [0.2, 0.25) is 0 Å². The molecule has 28 heavy (non-hydrogen) atoms. The molecule has 0 amide bonds. The zero-order chi connectivity index (χ0) is 20.6. The number of benzene rings is 1. The van der Waals surface area contributed by atoms with Gasteiger partial charge in [0.05, 0.1) is 13.3 Å². The Morgan fingerprint density at radius 2 is 1.86 bits per heavy atom. The van der Waals surface area contributed by atoms with E-state index in [0.29, 0.717) is 6.07 Å². The molecule has 0 saturated carbocycles. The fourth-order valence-electron chi connectivity index (χ4n) is 2.79. The average Bonchev–Trinajstić information content (AvgIpc) is 2.63. The van der Waals surface area contributed by atoms with Gasteiger partial charge in [-0.1, -0.05) is 17.7 Å². The standard InChI is InChI=1S/C18H12ClF4N3O2/c1-18(8-3-4-10(21)11(22)5-8)13(17(27)28-2)15(19)25-16(26-18)14-12(23)6-9(20)7-24-14/h3-7H,1-2H3,(H,25,26). The first-order valence-corrected chi connectivity index (χ1v) is 8.17. The number of methoxy groups -OCH3 is 1. The van der Waals surface area contributed by atoms with E-state index in [2.05, 4.69) is 15.3 Å². The average molecular weight is 414 g/mol. The monoisotopic (exact) mass is 413 g/mol. The van der Waals surface area contributed by atoms with Crippen molar-refractivity contribution in [2.24, 2.45) is 4.99 Å². The molecule has 0 bridgehead atoms. The van der Waals surface area contributed by atoms with Gasteiger partial charge in [0, 0.05) is 6.07 Å². The maximum absolute atomic E-state index is 14.2. The molecule has 1 aliphatic heterocycles. The summed E-state index contributed by atoms with van der Waals surface area (Å²) in [6.07, 6.45) is 0.769. The van der Waals surface area contributed by atoms with E-state index in [1.807, 2.05) is 0 Å². The van der Waals surface area contributed by atoms with E-state index in [-0.39, 0.29) is 27.8 Å². The second kappa shape index (κ2) is 7.23. The summed E-state index contributed by atoms with van der Waals surface area (Å²) in [5.41, 5.74) is -2.22. The third-order valence-electron chi connectivity index (χ3n) is 4.17. The maximum Gasteiger partial charge on any atom is 0.339 e. The van der Waals surface area contributed by atoms with Gasteiger partial charge < -0.3 is 10.1 Å². The number of hydrogen-bond acceptors (Lipinski definition) is 5. The molecule has 1 unspecified atom stereocenters. The Morgan fingerprint density at radius 1 is 1.14 bits per heavy atom. The molecule has 0 spiro atoms. The van der Waals surface area contributed by atoms with Gasteiger partial charge >= 0.3 is 5.97 Å². The summed E-state index contributed by atoms with van der Waals surface area (Å²) in [6.45, 7) is 1.39. The van der Waals surface area contributed by atoms with Crippen molar-refractivity contribution in [3.05, 3.63) is 75.7 Å². The molecule has 1 N–H and O–H groups in total. The normalized spacial score (nSPS) is 19.2. The number of aromatic nitrogens is 1. The van der Waals surface area contributed by atoms with Gasteiger partial charge in [-0.05, 0) is 24.6 Å². The number of aliphatic imine (C=N–C) groups is 1. The van der Waals surface area contributed by atoms with Gasteiger partial charge in [-0.15, -0.1) is 0 Å². The van der Waals surface area contributed by atoms with E-state index in [1.165, 1.54) is 13.0 Å². The largest absolute Gasteiger partial charge is 0.465 e. The van der Waals surface area contributed by atoms with Crippen molar-refractivity contribution < 1.29 is 27.1 Å². The van der Waals surface area contributed by atoms with Crippen molar-refractivity contribution in [3.8, 4) is 0 Å². The van der Waals surface area contributed by atoms with Crippen LogP contribution in [0.5, 0.6) is 0 Å². The lowest BCUT2D eigenvalue weighted by Gasteiger charge is -2.33. The van der Waals surface area contributed by atoms with Crippen LogP contribution in [0, 0.1) is 23.3 Å². The lowest BCUT2D eigenvalue weighted by molar-refractivity contribution is -0.136. The van der Waals surface area contributed by atoms with E-state index >= 15 is 0 Å². The van der Waals surface area contributed by atoms with Crippen LogP contribution >= 0.6 is 11.6 Å². The molecule has 0 fully saturated rings. The minimum Gasteiger partial charge on any atom is -0.465 e. The van der Waals surface area contributed by atoms with Crippen molar-refractivity contribution in [3.63, 3.8) is 0 Å². The van der Waals surface area contributed by atoms with Crippen LogP contribution in [0.4, 0.5) is 17.6 Å². The maximum atomic E-state index is 14.2. The number of carbonyl (C=O) groups is 1. The Hall–Kier alpha value is -2.94. The molecule has 3 rings (SSSR count). The Bertz CT molecular complexity index is 1040. The van der Waals surface area contributed by atoms with Crippen LogP contribution in [-0.4, -0.2) is 23.9 Å². The first kappa shape index (κ1) is 19.8. The number of nitrogens with one attached hydrogen (secondary N) is 1. The predicted octanol–water partition coefficient (Wildman–Crippen LogP) is 3.53. The number of halogens is 5. The fraction of sp³-hybridized carbons (Fsp3) is 0.167. The van der Waals surface area contributed by atoms with Gasteiger partial charge in [0.2, 0.25) is 0 Å². The molecule has 5 nitrogen and oxygen atoms in total. The highest BCUT2D eigenvalue weighted by Crippen LogP contribution is 2.40. The summed E-state index contributed by atoms with van der Waals surface area (Å²) in [7, 11) is 1.10. The van der Waals surface area contributed by atoms with E-state index in [0.717, 1.165) is 25.4 Å². The topological polar surface area (TPSA) is 63.6 Å². The predicted molar refractivity (Wildman–Crippen MR) is 92.4 cm³/mol. The number of nitrogens with zero attached hydrogens (tertiary/aromatic N) is 2. The number of rotatable bonds is 3. The number of hydrogen-bond donors (Lipinski definition) is 1. The van der Waals surface area contributed by atoms with E-state index in [4.69, 9.17) is 16.3 Å². The van der Waals surface area contributed by atoms with Crippen molar-refractivity contribution in [2.75, 3.05) is 7.11 Å². The summed E-state index contributed by atoms with van der Waals surface area (Å²) in [5, 5.41) is 2.23. The lowest BCUT2D eigenvalue weighted by Crippen LogP contribution is -2.41. The van der Waals surface area contributed by atoms with Gasteiger partial charge in [0.15, 0.2) is 23.3 Å². The highest BCUT2D eigenvalue weighted by Gasteiger charge is 2.42. The molecule has 1 atom stereocenters. The van der Waals surface area contributed by atoms with E-state index in [1.54, 1.807) is 0 Å². The van der Waals surface area contributed by atoms with Gasteiger partial charge in [-0.3, -0.25) is 0 Å². The van der Waals surface area contributed by atoms with Crippen LogP contribution < -0.4 is 5.32 Å². The molecule has 0 saturated heterocycles. The van der Waals surface area contributed by atoms with Gasteiger partial charge in [0.1, 0.15) is 27.8 Å². The smallest absolute Gasteiger partial charge is 0.339 e. The molecule has 146 valence electrons. The number of esters is 1. The third-order valence-corrected chi connectivity index (χ3v) is 4.46. The highest BCUT2D eigenvalue weighted by molar-refractivity contribution is 6.33. The summed E-state index contributed by atoms with van der Waals surface area (Å²) in [4.78, 5) is 20.2. The Labute approximate surface area is 161 Å². The lowest BCUT2D eigenvalue weighted by atomic mass is 9.84. The second-order valence-corrected chi connectivity index (χ2v) is 6.33. The number of amidine groups is 1. The number of pyridine rings is 1. The molecular weight excluding hydrogens is 402 g/mol. The Morgan fingerprint density at radius 3 is 2.46 bits per heavy atom. The molecular formula is C18H12ClF4N3O2. The summed E-state index contributed by atoms with van der Waals surface area (Å²) in [5.74, 6) is -5.35. The summed E-state index contributed by atoms with van der Waals surface area (Å²) < 4.78 is 59.2. The first-order chi connectivity index (χ1) is 13.2. The van der Waals surface area contributed by atoms with Crippen LogP contribution in [0.3, 0.4) is 0 Å². The molecule has 2 heterocycles. The number of carbonyl (C=O) groups excluding carboxylic acids is 1. The molecule has 10 heteroatoms. The van der Waals surface area contributed by atoms with Crippen LogP contribution in [0.15, 0.2) is 46.2 Å². The zero-order valence-corrected chi connectivity index (χ0v) is 15.2. The quantitative estimate of drug-likeness (QED) is 0.475. The molecule has 0 aliphatic carbocycles. The molecule has 1 aromatic carbocycles. The third kappa shape index (κ3) is 3.33. The summed E-state index contributed by atoms with van der Waals surface area (Å²) >= 11 is 6.18. The summed E-state index contributed by atoms with van der Waals surface area (Å²) in [6, 6.07) is 3.48. The van der Waals surface area contributed by atoms with Gasteiger partial charge in [0.25, 0.3) is 0 Å². The minimum absolute atomic E-state index is 0.0477. The van der Waals surface area contributed by atoms with Crippen molar-refractivity contribution in [1.82, 2.24) is 10.3 Å². The Balaban J connectivity index is 2.24. The van der Waals surface area contributed by atoms with Gasteiger partial charge in [-0.25, -0.2) is 32.3 Å². The SMILES string of the molecule is COC(=O)C1=C(Cl)NC(c2ncc(F)cc2F)=NC1(C)c1ccc(F)c(F)c1. The Kier molecular flexibility index (Phi) is 5.12. The minimum atomic E-state index is -1.68. The molecule has 2 aromatic rings. The highest BCUT2D eigenvalue weighted by atomic mass is 35.5. The van der Waals surface area contributed by atoms with E-state index in [9.17, 15) is 22.4 Å². The number of ether oxygens (including phenoxy) is 1. The van der Waals surface area contributed by atoms with Crippen molar-refractivity contribution >= 4 is 23.4 Å². The molecule has 1 aromatic heterocycles. The zero-order valence-electron chi connectivity index (χ0n) is 14.5. The van der Waals surface area contributed by atoms with E-state index < -0.39 is 34.8 Å². The fourth-order valence-corrected chi connectivity index (χ4v) is 3.14. The molecule has 1 aliphatic rings. The van der Waals surface area contributed by atoms with Crippen LogP contribution in [-0.2, 0) is 15.1 Å². The molecule has 0 radical (unpaired) electrons. The van der Waals surface area contributed by atoms with Crippen LogP contribution in [0.25, 0.3) is 0 Å². The van der Waals surface area contributed by atoms with Gasteiger partial charge in [-0.2, -0.15) is 0 Å². The second-order valence-electron chi connectivity index (χ2n) is 5.95. The van der Waals surface area contributed by atoms with Crippen molar-refractivity contribution in [2.45, 2.75) is 12.5 Å².